The molecule has 0 aliphatic carbocycles. The average molecular weight is 302 g/mol. The van der Waals surface area contributed by atoms with E-state index in [1.54, 1.807) is 0 Å². The van der Waals surface area contributed by atoms with Gasteiger partial charge in [-0.3, -0.25) is 19.2 Å². The molecule has 4 atom stereocenters. The second-order valence-corrected chi connectivity index (χ2v) is 4.80. The number of esters is 1. The molecule has 0 unspecified atom stereocenters. The molecule has 9 nitrogen and oxygen atoms in total. The summed E-state index contributed by atoms with van der Waals surface area (Å²) in [6.07, 6.45) is -4.66. The van der Waals surface area contributed by atoms with Gasteiger partial charge in [-0.05, 0) is 13.8 Å². The van der Waals surface area contributed by atoms with Crippen LogP contribution in [0.25, 0.3) is 0 Å². The second-order valence-electron chi connectivity index (χ2n) is 4.80. The van der Waals surface area contributed by atoms with E-state index in [1.165, 1.54) is 0 Å². The van der Waals surface area contributed by atoms with Gasteiger partial charge in [-0.25, -0.2) is 4.79 Å². The van der Waals surface area contributed by atoms with Gasteiger partial charge in [0.2, 0.25) is 17.0 Å². The molecule has 116 valence electrons. The van der Waals surface area contributed by atoms with Crippen molar-refractivity contribution >= 4 is 29.1 Å². The third-order valence-electron chi connectivity index (χ3n) is 3.41. The molecule has 0 radical (unpaired) electrons. The number of ketones is 4. The van der Waals surface area contributed by atoms with Gasteiger partial charge in [0.25, 0.3) is 0 Å². The van der Waals surface area contributed by atoms with Crippen LogP contribution < -0.4 is 0 Å². The molecule has 21 heavy (non-hydrogen) atoms. The van der Waals surface area contributed by atoms with Crippen LogP contribution in [0.5, 0.6) is 0 Å². The third kappa shape index (κ3) is 2.19. The molecule has 0 aromatic rings. The number of carbonyl (C=O) groups excluding carboxylic acids is 5. The number of cyclic esters (lactones) is 1. The minimum Gasteiger partial charge on any atom is -0.453 e. The predicted molar refractivity (Wildman–Crippen MR) is 62.8 cm³/mol. The number of aliphatic hydroxyl groups excluding tert-OH is 1. The molecule has 0 amide bonds. The van der Waals surface area contributed by atoms with Crippen LogP contribution in [0, 0.1) is 0 Å². The maximum absolute atomic E-state index is 11.7. The molecule has 0 aromatic carbocycles. The van der Waals surface area contributed by atoms with Gasteiger partial charge >= 0.3 is 5.97 Å². The SMILES string of the molecule is CC(=O)C(=O)[C@@](O)(C(C)=O)[C@H]1OC(=O)[C@](O)(C(C)=O)[C@H]1O. The number of hydrogen-bond donors (Lipinski definition) is 3. The van der Waals surface area contributed by atoms with E-state index >= 15 is 0 Å². The number of carbonyl (C=O) groups is 5. The van der Waals surface area contributed by atoms with E-state index in [2.05, 4.69) is 4.74 Å². The molecule has 3 N–H and O–H groups in total. The highest BCUT2D eigenvalue weighted by Gasteiger charge is 2.68. The summed E-state index contributed by atoms with van der Waals surface area (Å²) in [5.74, 6) is -6.96. The highest BCUT2D eigenvalue weighted by molar-refractivity contribution is 6.44. The van der Waals surface area contributed by atoms with Crippen molar-refractivity contribution in [2.75, 3.05) is 0 Å². The van der Waals surface area contributed by atoms with E-state index < -0.39 is 52.5 Å². The first-order valence-corrected chi connectivity index (χ1v) is 5.83. The van der Waals surface area contributed by atoms with Crippen LogP contribution in [0.4, 0.5) is 0 Å². The van der Waals surface area contributed by atoms with Crippen LogP contribution in [0.1, 0.15) is 20.8 Å². The molecule has 9 heteroatoms. The number of aliphatic hydroxyl groups is 3. The van der Waals surface area contributed by atoms with Crippen molar-refractivity contribution in [2.24, 2.45) is 0 Å². The van der Waals surface area contributed by atoms with Crippen molar-refractivity contribution in [3.63, 3.8) is 0 Å². The molecule has 1 aliphatic heterocycles. The van der Waals surface area contributed by atoms with E-state index in [0.29, 0.717) is 0 Å². The summed E-state index contributed by atoms with van der Waals surface area (Å²) in [7, 11) is 0. The summed E-state index contributed by atoms with van der Waals surface area (Å²) >= 11 is 0. The lowest BCUT2D eigenvalue weighted by molar-refractivity contribution is -0.175. The highest BCUT2D eigenvalue weighted by Crippen LogP contribution is 2.34. The average Bonchev–Trinajstić information content (AvgIpc) is 2.62. The molecular formula is C12H14O9. The molecule has 0 bridgehead atoms. The monoisotopic (exact) mass is 302 g/mol. The number of Topliss-reactive ketones (excluding diaryl/α,β-unsaturated/α-hetero) is 4. The van der Waals surface area contributed by atoms with Gasteiger partial charge in [-0.15, -0.1) is 0 Å². The number of ether oxygens (including phenoxy) is 1. The van der Waals surface area contributed by atoms with Gasteiger partial charge < -0.3 is 20.1 Å². The van der Waals surface area contributed by atoms with Crippen molar-refractivity contribution in [1.29, 1.82) is 0 Å². The lowest BCUT2D eigenvalue weighted by Crippen LogP contribution is -2.63. The van der Waals surface area contributed by atoms with Crippen LogP contribution in [0.2, 0.25) is 0 Å². The molecule has 0 saturated carbocycles. The molecule has 1 heterocycles. The van der Waals surface area contributed by atoms with Crippen molar-refractivity contribution in [2.45, 2.75) is 44.2 Å². The zero-order chi connectivity index (χ0) is 16.7. The summed E-state index contributed by atoms with van der Waals surface area (Å²) in [4.78, 5) is 57.3. The fourth-order valence-electron chi connectivity index (χ4n) is 2.03. The van der Waals surface area contributed by atoms with Gasteiger partial charge in [-0.1, -0.05) is 0 Å². The van der Waals surface area contributed by atoms with Gasteiger partial charge in [0.1, 0.15) is 6.10 Å². The number of rotatable bonds is 5. The molecule has 0 spiro atoms. The first-order chi connectivity index (χ1) is 9.41. The summed E-state index contributed by atoms with van der Waals surface area (Å²) in [5, 5.41) is 29.9. The van der Waals surface area contributed by atoms with Crippen LogP contribution >= 0.6 is 0 Å². The summed E-state index contributed by atoms with van der Waals surface area (Å²) in [5.41, 5.74) is -6.20. The summed E-state index contributed by atoms with van der Waals surface area (Å²) in [6.45, 7) is 2.26. The fourth-order valence-corrected chi connectivity index (χ4v) is 2.03. The van der Waals surface area contributed by atoms with Gasteiger partial charge in [0.05, 0.1) is 0 Å². The number of hydrogen-bond acceptors (Lipinski definition) is 9. The predicted octanol–water partition coefficient (Wildman–Crippen LogP) is -2.93. The Morgan fingerprint density at radius 1 is 1.19 bits per heavy atom. The van der Waals surface area contributed by atoms with Crippen LogP contribution in [0.3, 0.4) is 0 Å². The Labute approximate surface area is 118 Å². The van der Waals surface area contributed by atoms with E-state index in [9.17, 15) is 39.3 Å². The maximum atomic E-state index is 11.7. The minimum atomic E-state index is -3.18. The zero-order valence-electron chi connectivity index (χ0n) is 11.4. The Hall–Kier alpha value is -1.97. The summed E-state index contributed by atoms with van der Waals surface area (Å²) < 4.78 is 4.44. The van der Waals surface area contributed by atoms with Crippen molar-refractivity contribution in [3.05, 3.63) is 0 Å². The van der Waals surface area contributed by atoms with Crippen LogP contribution in [-0.2, 0) is 28.7 Å². The van der Waals surface area contributed by atoms with E-state index in [4.69, 9.17) is 0 Å². The Bertz CT molecular complexity index is 551. The van der Waals surface area contributed by atoms with Crippen molar-refractivity contribution in [1.82, 2.24) is 0 Å². The molecule has 1 saturated heterocycles. The Morgan fingerprint density at radius 2 is 1.67 bits per heavy atom. The molecular weight excluding hydrogens is 288 g/mol. The Morgan fingerprint density at radius 3 is 1.95 bits per heavy atom. The molecule has 1 fully saturated rings. The zero-order valence-corrected chi connectivity index (χ0v) is 11.4. The first-order valence-electron chi connectivity index (χ1n) is 5.83. The second kappa shape index (κ2) is 5.10. The third-order valence-corrected chi connectivity index (χ3v) is 3.41. The van der Waals surface area contributed by atoms with Gasteiger partial charge in [0.15, 0.2) is 23.5 Å². The quantitative estimate of drug-likeness (QED) is 0.275. The lowest BCUT2D eigenvalue weighted by Gasteiger charge is -2.30. The highest BCUT2D eigenvalue weighted by atomic mass is 16.6. The molecule has 1 rings (SSSR count). The van der Waals surface area contributed by atoms with E-state index in [1.807, 2.05) is 0 Å². The van der Waals surface area contributed by atoms with Crippen molar-refractivity contribution < 1.29 is 44.0 Å². The van der Waals surface area contributed by atoms with Crippen LogP contribution in [-0.4, -0.2) is 67.8 Å². The standard InChI is InChI=1S/C12H14O9/c1-4(13)7(16)11(19,5(2)14)9-8(17)12(20,6(3)15)10(18)21-9/h8-9,17,19-20H,1-3H3/t8-,9-,11-,12-/m0/s1. The van der Waals surface area contributed by atoms with E-state index in [0.717, 1.165) is 20.8 Å². The van der Waals surface area contributed by atoms with Gasteiger partial charge in [0, 0.05) is 6.92 Å². The van der Waals surface area contributed by atoms with E-state index in [-0.39, 0.29) is 0 Å². The van der Waals surface area contributed by atoms with Gasteiger partial charge in [-0.2, -0.15) is 0 Å². The summed E-state index contributed by atoms with van der Waals surface area (Å²) in [6, 6.07) is 0. The largest absolute Gasteiger partial charge is 0.453 e. The Balaban J connectivity index is 3.41. The first kappa shape index (κ1) is 17.1. The maximum Gasteiger partial charge on any atom is 0.349 e. The van der Waals surface area contributed by atoms with Crippen LogP contribution in [0.15, 0.2) is 0 Å². The molecule has 0 aromatic heterocycles. The Kier molecular flexibility index (Phi) is 4.15. The lowest BCUT2D eigenvalue weighted by atomic mass is 9.79. The fraction of sp³-hybridized carbons (Fsp3) is 0.583. The molecule has 1 aliphatic rings. The topological polar surface area (TPSA) is 155 Å². The smallest absolute Gasteiger partial charge is 0.349 e. The van der Waals surface area contributed by atoms with Crippen molar-refractivity contribution in [3.8, 4) is 0 Å². The normalized spacial score (nSPS) is 31.2. The minimum absolute atomic E-state index is 0.729.